The highest BCUT2D eigenvalue weighted by molar-refractivity contribution is 7.22. The maximum Gasteiger partial charge on any atom is 0.338 e. The summed E-state index contributed by atoms with van der Waals surface area (Å²) in [5, 5.41) is 18.1. The number of thiazole rings is 2. The number of rotatable bonds is 20. The van der Waals surface area contributed by atoms with Crippen LogP contribution in [0.15, 0.2) is 130 Å². The number of benzene rings is 5. The quantitative estimate of drug-likeness (QED) is 0.0305. The largest absolute Gasteiger partial charge is 0.458 e. The van der Waals surface area contributed by atoms with Crippen molar-refractivity contribution in [2.45, 2.75) is 27.7 Å². The average molecular weight is 927 g/mol. The lowest BCUT2D eigenvalue weighted by Gasteiger charge is -2.20. The van der Waals surface area contributed by atoms with Gasteiger partial charge in [-0.25, -0.2) is 29.1 Å². The molecule has 16 nitrogen and oxygen atoms in total. The molecule has 0 saturated heterocycles. The minimum atomic E-state index is -0.667. The van der Waals surface area contributed by atoms with Crippen LogP contribution < -0.4 is 9.80 Å². The number of ether oxygens (including phenoxy) is 4. The summed E-state index contributed by atoms with van der Waals surface area (Å²) in [5.74, 6) is -2.51. The number of hydrogen-bond donors (Lipinski definition) is 0. The smallest absolute Gasteiger partial charge is 0.338 e. The second-order valence-electron chi connectivity index (χ2n) is 14.3. The number of esters is 4. The molecule has 0 amide bonds. The van der Waals surface area contributed by atoms with Gasteiger partial charge in [0, 0.05) is 37.6 Å². The lowest BCUT2D eigenvalue weighted by atomic mass is 10.1. The molecule has 0 fully saturated rings. The van der Waals surface area contributed by atoms with E-state index in [-0.39, 0.29) is 37.6 Å². The monoisotopic (exact) mass is 926 g/mol. The molecule has 0 aliphatic rings. The molecular weight excluding hydrogens is 881 g/mol. The van der Waals surface area contributed by atoms with Crippen LogP contribution in [0.1, 0.15) is 69.1 Å². The van der Waals surface area contributed by atoms with Crippen molar-refractivity contribution in [2.75, 3.05) is 62.4 Å². The number of azo groups is 2. The molecule has 0 radical (unpaired) electrons. The maximum absolute atomic E-state index is 12.8. The van der Waals surface area contributed by atoms with Gasteiger partial charge in [0.05, 0.1) is 54.1 Å². The number of fused-ring (bicyclic) bond motifs is 2. The van der Waals surface area contributed by atoms with Crippen molar-refractivity contribution in [3.8, 4) is 0 Å². The molecule has 0 atom stereocenters. The number of hydrogen-bond acceptors (Lipinski definition) is 18. The molecule has 18 heteroatoms. The van der Waals surface area contributed by atoms with Gasteiger partial charge in [-0.3, -0.25) is 0 Å². The highest BCUT2D eigenvalue weighted by Crippen LogP contribution is 2.32. The fraction of sp³-hybridized carbons (Fsp3) is 0.250. The summed E-state index contributed by atoms with van der Waals surface area (Å²) < 4.78 is 22.7. The lowest BCUT2D eigenvalue weighted by molar-refractivity contribution is 0.0263. The molecule has 0 N–H and O–H groups in total. The van der Waals surface area contributed by atoms with Crippen molar-refractivity contribution in [2.24, 2.45) is 20.5 Å². The molecule has 338 valence electrons. The predicted octanol–water partition coefficient (Wildman–Crippen LogP) is 11.5. The van der Waals surface area contributed by atoms with Gasteiger partial charge in [0.25, 0.3) is 0 Å². The van der Waals surface area contributed by atoms with Crippen LogP contribution in [0.4, 0.5) is 33.0 Å². The van der Waals surface area contributed by atoms with Crippen LogP contribution in [-0.2, 0) is 18.9 Å². The van der Waals surface area contributed by atoms with Crippen molar-refractivity contribution < 1.29 is 38.1 Å². The first-order valence-corrected chi connectivity index (χ1v) is 22.9. The molecule has 0 aliphatic heterocycles. The third-order valence-electron chi connectivity index (χ3n) is 10.1. The molecule has 0 aliphatic carbocycles. The van der Waals surface area contributed by atoms with Gasteiger partial charge < -0.3 is 28.7 Å². The van der Waals surface area contributed by atoms with Crippen LogP contribution in [-0.4, -0.2) is 86.5 Å². The van der Waals surface area contributed by atoms with Crippen LogP contribution in [0.25, 0.3) is 20.4 Å². The first-order chi connectivity index (χ1) is 32.1. The van der Waals surface area contributed by atoms with Gasteiger partial charge >= 0.3 is 23.9 Å². The molecule has 0 unspecified atom stereocenters. The molecule has 0 spiro atoms. The van der Waals surface area contributed by atoms with Crippen molar-refractivity contribution in [3.63, 3.8) is 0 Å². The number of aromatic nitrogens is 2. The lowest BCUT2D eigenvalue weighted by Crippen LogP contribution is -2.21. The normalized spacial score (nSPS) is 11.3. The SMILES string of the molecule is CCN(CC)c1ccc(N=Nc2nc3ccc(C(=O)OCCOC(=O)c4ccc(C(=O)OCCOC(=O)c5ccc6nc(N=Nc7ccc(N(CC)CC)cc7)sc6c5)cc4)cc3s2)cc1. The Kier molecular flexibility index (Phi) is 15.8. The van der Waals surface area contributed by atoms with E-state index in [0.717, 1.165) is 47.0 Å². The van der Waals surface area contributed by atoms with Crippen LogP contribution in [0.5, 0.6) is 0 Å². The van der Waals surface area contributed by atoms with Gasteiger partial charge in [-0.15, -0.1) is 20.5 Å². The fourth-order valence-electron chi connectivity index (χ4n) is 6.62. The van der Waals surface area contributed by atoms with Gasteiger partial charge in [-0.05, 0) is 137 Å². The van der Waals surface area contributed by atoms with E-state index in [0.29, 0.717) is 43.8 Å². The molecular formula is C48H46N8O8S2. The van der Waals surface area contributed by atoms with E-state index < -0.39 is 23.9 Å². The highest BCUT2D eigenvalue weighted by atomic mass is 32.1. The van der Waals surface area contributed by atoms with Crippen molar-refractivity contribution in [1.29, 1.82) is 0 Å². The first kappa shape index (κ1) is 46.5. The van der Waals surface area contributed by atoms with Crippen molar-refractivity contribution >= 4 is 100.0 Å². The number of anilines is 2. The summed E-state index contributed by atoms with van der Waals surface area (Å²) in [5.41, 5.74) is 5.96. The van der Waals surface area contributed by atoms with E-state index in [1.807, 2.05) is 48.5 Å². The van der Waals surface area contributed by atoms with E-state index >= 15 is 0 Å². The Labute approximate surface area is 388 Å². The van der Waals surface area contributed by atoms with Crippen LogP contribution in [0, 0.1) is 0 Å². The molecule has 5 aromatic carbocycles. The molecule has 2 heterocycles. The van der Waals surface area contributed by atoms with E-state index in [1.165, 1.54) is 46.9 Å². The molecule has 2 aromatic heterocycles. The topological polar surface area (TPSA) is 187 Å². The third-order valence-corrected chi connectivity index (χ3v) is 11.9. The first-order valence-electron chi connectivity index (χ1n) is 21.3. The van der Waals surface area contributed by atoms with Crippen LogP contribution in [0.3, 0.4) is 0 Å². The average Bonchev–Trinajstić information content (AvgIpc) is 3.97. The summed E-state index contributed by atoms with van der Waals surface area (Å²) in [6.45, 7) is 11.4. The Hall–Kier alpha value is -7.44. The Balaban J connectivity index is 0.802. The number of carbonyl (C=O) groups is 4. The molecule has 7 rings (SSSR count). The summed E-state index contributed by atoms with van der Waals surface area (Å²) in [6.07, 6.45) is 0. The van der Waals surface area contributed by atoms with E-state index in [2.05, 4.69) is 67.9 Å². The second kappa shape index (κ2) is 22.5. The van der Waals surface area contributed by atoms with Crippen molar-refractivity contribution in [1.82, 2.24) is 9.97 Å². The Morgan fingerprint density at radius 3 is 1.09 bits per heavy atom. The Morgan fingerprint density at radius 1 is 0.439 bits per heavy atom. The zero-order valence-electron chi connectivity index (χ0n) is 36.7. The predicted molar refractivity (Wildman–Crippen MR) is 255 cm³/mol. The number of carbonyl (C=O) groups excluding carboxylic acids is 4. The van der Waals surface area contributed by atoms with Crippen LogP contribution in [0.2, 0.25) is 0 Å². The fourth-order valence-corrected chi connectivity index (χ4v) is 8.27. The molecule has 0 bridgehead atoms. The Bertz CT molecular complexity index is 2660. The minimum Gasteiger partial charge on any atom is -0.458 e. The van der Waals surface area contributed by atoms with Gasteiger partial charge in [0.1, 0.15) is 26.4 Å². The third kappa shape index (κ3) is 12.0. The van der Waals surface area contributed by atoms with Crippen molar-refractivity contribution in [3.05, 3.63) is 131 Å². The zero-order valence-corrected chi connectivity index (χ0v) is 38.3. The highest BCUT2D eigenvalue weighted by Gasteiger charge is 2.16. The molecule has 7 aromatic rings. The second-order valence-corrected chi connectivity index (χ2v) is 16.3. The summed E-state index contributed by atoms with van der Waals surface area (Å²) in [4.78, 5) is 64.2. The molecule has 66 heavy (non-hydrogen) atoms. The van der Waals surface area contributed by atoms with E-state index in [4.69, 9.17) is 18.9 Å². The summed E-state index contributed by atoms with van der Waals surface area (Å²) in [6, 6.07) is 31.3. The summed E-state index contributed by atoms with van der Waals surface area (Å²) >= 11 is 2.59. The van der Waals surface area contributed by atoms with Gasteiger partial charge in [-0.1, -0.05) is 22.7 Å². The Morgan fingerprint density at radius 2 is 0.758 bits per heavy atom. The maximum atomic E-state index is 12.8. The molecule has 0 saturated carbocycles. The minimum absolute atomic E-state index is 0.173. The zero-order chi connectivity index (χ0) is 46.4. The van der Waals surface area contributed by atoms with Gasteiger partial charge in [0.2, 0.25) is 10.3 Å². The number of nitrogens with zero attached hydrogens (tertiary/aromatic N) is 8. The van der Waals surface area contributed by atoms with E-state index in [1.54, 1.807) is 36.4 Å². The van der Waals surface area contributed by atoms with Gasteiger partial charge in [-0.2, -0.15) is 0 Å². The standard InChI is InChI=1S/C48H46N8O8S2/c1-5-55(6-2)37-19-15-35(16-20-37)51-53-47-49-39-23-13-33(29-41(39)65-47)45(59)63-27-25-61-43(57)31-9-11-32(12-10-31)44(58)62-26-28-64-46(60)34-14-24-40-42(30-34)66-48(50-40)54-52-36-17-21-38(22-18-36)56(7-3)8-4/h9-24,29-30H,5-8,25-28H2,1-4H3. The van der Waals surface area contributed by atoms with Crippen LogP contribution >= 0.6 is 22.7 Å². The van der Waals surface area contributed by atoms with Gasteiger partial charge in [0.15, 0.2) is 0 Å². The van der Waals surface area contributed by atoms with E-state index in [9.17, 15) is 19.2 Å². The summed E-state index contributed by atoms with van der Waals surface area (Å²) in [7, 11) is 0.